The summed E-state index contributed by atoms with van der Waals surface area (Å²) in [4.78, 5) is 2.73. The number of hydrogen-bond acceptors (Lipinski definition) is 2. The molecule has 0 fully saturated rings. The van der Waals surface area contributed by atoms with Crippen LogP contribution in [-0.2, 0) is 0 Å². The van der Waals surface area contributed by atoms with Gasteiger partial charge >= 0.3 is 0 Å². The maximum Gasteiger partial charge on any atom is 0.103 e. The van der Waals surface area contributed by atoms with E-state index in [0.717, 1.165) is 5.56 Å². The van der Waals surface area contributed by atoms with Crippen LogP contribution in [0.25, 0.3) is 0 Å². The summed E-state index contributed by atoms with van der Waals surface area (Å²) in [6.45, 7) is 8.98. The summed E-state index contributed by atoms with van der Waals surface area (Å²) in [5.41, 5.74) is 7.94. The second-order valence-electron chi connectivity index (χ2n) is 5.56. The highest BCUT2D eigenvalue weighted by molar-refractivity contribution is 7.80. The van der Waals surface area contributed by atoms with Crippen LogP contribution in [0.5, 0.6) is 0 Å². The van der Waals surface area contributed by atoms with Crippen LogP contribution in [-0.4, -0.2) is 18.1 Å². The molecule has 0 heterocycles. The topological polar surface area (TPSA) is 29.3 Å². The van der Waals surface area contributed by atoms with E-state index in [1.54, 1.807) is 0 Å². The smallest absolute Gasteiger partial charge is 0.103 e. The van der Waals surface area contributed by atoms with Crippen molar-refractivity contribution in [3.05, 3.63) is 29.8 Å². The van der Waals surface area contributed by atoms with Crippen LogP contribution < -0.4 is 10.6 Å². The van der Waals surface area contributed by atoms with E-state index in [4.69, 9.17) is 18.0 Å². The summed E-state index contributed by atoms with van der Waals surface area (Å²) in [6, 6.07) is 8.54. The number of hydrogen-bond donors (Lipinski definition) is 1. The third-order valence-corrected chi connectivity index (χ3v) is 3.63. The Morgan fingerprint density at radius 1 is 1.24 bits per heavy atom. The first-order valence-electron chi connectivity index (χ1n) is 5.86. The number of benzene rings is 1. The first-order valence-corrected chi connectivity index (χ1v) is 6.27. The van der Waals surface area contributed by atoms with Crippen molar-refractivity contribution < 1.29 is 0 Å². The zero-order valence-electron chi connectivity index (χ0n) is 11.3. The van der Waals surface area contributed by atoms with Gasteiger partial charge in [0.15, 0.2) is 0 Å². The van der Waals surface area contributed by atoms with Gasteiger partial charge in [-0.2, -0.15) is 0 Å². The molecule has 1 rings (SSSR count). The Morgan fingerprint density at radius 3 is 2.06 bits per heavy atom. The fourth-order valence-electron chi connectivity index (χ4n) is 1.67. The van der Waals surface area contributed by atoms with Gasteiger partial charge in [-0.3, -0.25) is 0 Å². The predicted molar refractivity (Wildman–Crippen MR) is 79.6 cm³/mol. The zero-order chi connectivity index (χ0) is 13.2. The van der Waals surface area contributed by atoms with Crippen molar-refractivity contribution in [3.63, 3.8) is 0 Å². The molecule has 2 nitrogen and oxygen atoms in total. The average Bonchev–Trinajstić information content (AvgIpc) is 2.26. The molecule has 2 N–H and O–H groups in total. The molecule has 0 radical (unpaired) electrons. The van der Waals surface area contributed by atoms with Crippen molar-refractivity contribution in [2.45, 2.75) is 33.7 Å². The van der Waals surface area contributed by atoms with Crippen LogP contribution in [0.3, 0.4) is 0 Å². The normalized spacial score (nSPS) is 13.2. The molecule has 1 atom stereocenters. The van der Waals surface area contributed by atoms with Crippen molar-refractivity contribution in [3.8, 4) is 0 Å². The minimum atomic E-state index is 0.247. The van der Waals surface area contributed by atoms with Crippen LogP contribution in [0, 0.1) is 5.41 Å². The fraction of sp³-hybridized carbons (Fsp3) is 0.500. The Balaban J connectivity index is 2.90. The van der Waals surface area contributed by atoms with Gasteiger partial charge in [-0.15, -0.1) is 0 Å². The highest BCUT2D eigenvalue weighted by atomic mass is 32.1. The molecule has 0 saturated heterocycles. The third kappa shape index (κ3) is 3.43. The molecule has 1 aromatic rings. The predicted octanol–water partition coefficient (Wildman–Crippen LogP) is 3.19. The van der Waals surface area contributed by atoms with E-state index in [1.165, 1.54) is 5.69 Å². The monoisotopic (exact) mass is 250 g/mol. The Labute approximate surface area is 110 Å². The van der Waals surface area contributed by atoms with Crippen molar-refractivity contribution in [1.29, 1.82) is 0 Å². The van der Waals surface area contributed by atoms with Crippen molar-refractivity contribution in [2.24, 2.45) is 11.1 Å². The molecule has 1 unspecified atom stereocenters. The minimum Gasteiger partial charge on any atom is -0.389 e. The summed E-state index contributed by atoms with van der Waals surface area (Å²) in [6.07, 6.45) is 0. The van der Waals surface area contributed by atoms with E-state index in [0.29, 0.717) is 11.0 Å². The van der Waals surface area contributed by atoms with Crippen LogP contribution in [0.15, 0.2) is 24.3 Å². The summed E-state index contributed by atoms with van der Waals surface area (Å²) < 4.78 is 0. The molecule has 0 bridgehead atoms. The SMILES string of the molecule is CC(N(C)c1ccc(C(N)=S)cc1)C(C)(C)C. The van der Waals surface area contributed by atoms with Crippen LogP contribution >= 0.6 is 12.2 Å². The molecular weight excluding hydrogens is 228 g/mol. The largest absolute Gasteiger partial charge is 0.389 e. The Kier molecular flexibility index (Phi) is 4.15. The van der Waals surface area contributed by atoms with E-state index < -0.39 is 0 Å². The molecule has 0 saturated carbocycles. The van der Waals surface area contributed by atoms with Gasteiger partial charge in [-0.25, -0.2) is 0 Å². The lowest BCUT2D eigenvalue weighted by atomic mass is 9.87. The quantitative estimate of drug-likeness (QED) is 0.835. The maximum absolute atomic E-state index is 5.59. The van der Waals surface area contributed by atoms with Gasteiger partial charge in [-0.1, -0.05) is 33.0 Å². The van der Waals surface area contributed by atoms with Gasteiger partial charge in [0.25, 0.3) is 0 Å². The van der Waals surface area contributed by atoms with Gasteiger partial charge < -0.3 is 10.6 Å². The van der Waals surface area contributed by atoms with Gasteiger partial charge in [0.05, 0.1) is 0 Å². The average molecular weight is 250 g/mol. The highest BCUT2D eigenvalue weighted by Crippen LogP contribution is 2.27. The fourth-order valence-corrected chi connectivity index (χ4v) is 1.80. The zero-order valence-corrected chi connectivity index (χ0v) is 12.1. The maximum atomic E-state index is 5.59. The summed E-state index contributed by atoms with van der Waals surface area (Å²) in [7, 11) is 2.12. The molecule has 94 valence electrons. The second-order valence-corrected chi connectivity index (χ2v) is 6.00. The van der Waals surface area contributed by atoms with Gasteiger partial charge in [-0.05, 0) is 36.6 Å². The molecule has 0 aliphatic rings. The van der Waals surface area contributed by atoms with E-state index in [9.17, 15) is 0 Å². The molecule has 0 aromatic heterocycles. The van der Waals surface area contributed by atoms with Crippen molar-refractivity contribution in [1.82, 2.24) is 0 Å². The number of rotatable bonds is 3. The summed E-state index contributed by atoms with van der Waals surface area (Å²) in [5.74, 6) is 0. The lowest BCUT2D eigenvalue weighted by Gasteiger charge is -2.37. The standard InChI is InChI=1S/C14H22N2S/c1-10(14(2,3)4)16(5)12-8-6-11(7-9-12)13(15)17/h6-10H,1-5H3,(H2,15,17). The molecule has 0 spiro atoms. The van der Waals surface area contributed by atoms with Gasteiger partial charge in [0.1, 0.15) is 4.99 Å². The molecular formula is C14H22N2S. The lowest BCUT2D eigenvalue weighted by Crippen LogP contribution is -2.39. The molecule has 17 heavy (non-hydrogen) atoms. The van der Waals surface area contributed by atoms with Crippen LogP contribution in [0.1, 0.15) is 33.3 Å². The van der Waals surface area contributed by atoms with E-state index >= 15 is 0 Å². The molecule has 3 heteroatoms. The second kappa shape index (κ2) is 5.05. The third-order valence-electron chi connectivity index (χ3n) is 3.39. The van der Waals surface area contributed by atoms with E-state index in [1.807, 2.05) is 12.1 Å². The summed E-state index contributed by atoms with van der Waals surface area (Å²) in [5, 5.41) is 0. The van der Waals surface area contributed by atoms with E-state index in [2.05, 4.69) is 51.8 Å². The molecule has 1 aromatic carbocycles. The van der Waals surface area contributed by atoms with Gasteiger partial charge in [0.2, 0.25) is 0 Å². The Morgan fingerprint density at radius 2 is 1.71 bits per heavy atom. The first-order chi connectivity index (χ1) is 7.73. The Hall–Kier alpha value is -1.09. The van der Waals surface area contributed by atoms with Gasteiger partial charge in [0, 0.05) is 24.3 Å². The van der Waals surface area contributed by atoms with Crippen LogP contribution in [0.2, 0.25) is 0 Å². The number of thiocarbonyl (C=S) groups is 1. The minimum absolute atomic E-state index is 0.247. The molecule has 0 aliphatic carbocycles. The lowest BCUT2D eigenvalue weighted by molar-refractivity contribution is 0.330. The molecule has 0 aliphatic heterocycles. The van der Waals surface area contributed by atoms with Crippen molar-refractivity contribution in [2.75, 3.05) is 11.9 Å². The van der Waals surface area contributed by atoms with E-state index in [-0.39, 0.29) is 5.41 Å². The molecule has 0 amide bonds. The summed E-state index contributed by atoms with van der Waals surface area (Å²) >= 11 is 4.95. The first kappa shape index (κ1) is 14.0. The number of nitrogens with zero attached hydrogens (tertiary/aromatic N) is 1. The highest BCUT2D eigenvalue weighted by Gasteiger charge is 2.23. The Bertz CT molecular complexity index is 390. The van der Waals surface area contributed by atoms with Crippen molar-refractivity contribution >= 4 is 22.9 Å². The number of nitrogens with two attached hydrogens (primary N) is 1. The number of anilines is 1. The van der Waals surface area contributed by atoms with Crippen LogP contribution in [0.4, 0.5) is 5.69 Å².